The SMILES string of the molecule is CCOc1ccc(S(OC(=O)C(F)(F)F)(c2ccccc2)c2ccc(OCC)cc2)cc1. The molecule has 0 N–H and O–H groups in total. The van der Waals surface area contributed by atoms with Crippen LogP contribution in [0.2, 0.25) is 0 Å². The maximum Gasteiger partial charge on any atom is 0.491 e. The summed E-state index contributed by atoms with van der Waals surface area (Å²) >= 11 is 0. The third-order valence-electron chi connectivity index (χ3n) is 4.44. The molecular weight excluding hydrogens is 441 g/mol. The summed E-state index contributed by atoms with van der Waals surface area (Å²) in [6, 6.07) is 21.6. The monoisotopic (exact) mass is 464 g/mol. The summed E-state index contributed by atoms with van der Waals surface area (Å²) in [4.78, 5) is 13.5. The van der Waals surface area contributed by atoms with Crippen LogP contribution in [0.15, 0.2) is 93.5 Å². The van der Waals surface area contributed by atoms with Crippen LogP contribution in [0.3, 0.4) is 0 Å². The van der Waals surface area contributed by atoms with Gasteiger partial charge in [-0.2, -0.15) is 13.2 Å². The Morgan fingerprint density at radius 1 is 0.719 bits per heavy atom. The van der Waals surface area contributed by atoms with Crippen molar-refractivity contribution in [1.29, 1.82) is 0 Å². The van der Waals surface area contributed by atoms with Gasteiger partial charge in [-0.05, 0) is 84.8 Å². The van der Waals surface area contributed by atoms with E-state index in [0.29, 0.717) is 39.4 Å². The molecule has 0 atom stereocenters. The van der Waals surface area contributed by atoms with E-state index in [9.17, 15) is 18.0 Å². The van der Waals surface area contributed by atoms with Gasteiger partial charge in [-0.15, -0.1) is 0 Å². The summed E-state index contributed by atoms with van der Waals surface area (Å²) < 4.78 is 56.4. The number of alkyl halides is 3. The predicted molar refractivity (Wildman–Crippen MR) is 116 cm³/mol. The molecule has 0 aromatic heterocycles. The first-order valence-corrected chi connectivity index (χ1v) is 11.5. The van der Waals surface area contributed by atoms with Crippen LogP contribution in [0.4, 0.5) is 13.2 Å². The van der Waals surface area contributed by atoms with Crippen LogP contribution in [0, 0.1) is 0 Å². The molecule has 0 fully saturated rings. The number of carbonyl (C=O) groups is 1. The molecule has 0 saturated carbocycles. The Hall–Kier alpha value is -3.13. The van der Waals surface area contributed by atoms with Crippen molar-refractivity contribution in [2.75, 3.05) is 13.2 Å². The fourth-order valence-corrected chi connectivity index (χ4v) is 6.12. The van der Waals surface area contributed by atoms with Crippen LogP contribution in [-0.2, 0) is 8.98 Å². The van der Waals surface area contributed by atoms with Gasteiger partial charge in [-0.25, -0.2) is 4.79 Å². The zero-order valence-electron chi connectivity index (χ0n) is 17.6. The summed E-state index contributed by atoms with van der Waals surface area (Å²) in [5, 5.41) is 0. The maximum atomic E-state index is 13.4. The van der Waals surface area contributed by atoms with Gasteiger partial charge < -0.3 is 13.7 Å². The molecule has 8 heteroatoms. The summed E-state index contributed by atoms with van der Waals surface area (Å²) in [6.45, 7) is 4.55. The molecule has 170 valence electrons. The molecule has 0 saturated heterocycles. The summed E-state index contributed by atoms with van der Waals surface area (Å²) in [6.07, 6.45) is -5.15. The molecule has 3 aromatic carbocycles. The number of hydrogen-bond donors (Lipinski definition) is 0. The number of benzene rings is 3. The first-order valence-electron chi connectivity index (χ1n) is 9.96. The Kier molecular flexibility index (Phi) is 7.35. The Morgan fingerprint density at radius 3 is 1.50 bits per heavy atom. The second kappa shape index (κ2) is 9.99. The van der Waals surface area contributed by atoms with Gasteiger partial charge in [0.05, 0.1) is 13.2 Å². The van der Waals surface area contributed by atoms with Crippen molar-refractivity contribution in [3.8, 4) is 11.5 Å². The normalized spacial score (nSPS) is 12.2. The topological polar surface area (TPSA) is 44.8 Å². The smallest absolute Gasteiger partial charge is 0.491 e. The van der Waals surface area contributed by atoms with Gasteiger partial charge in [0.15, 0.2) is 0 Å². The van der Waals surface area contributed by atoms with Gasteiger partial charge in [0.2, 0.25) is 0 Å². The largest absolute Gasteiger partial charge is 0.494 e. The van der Waals surface area contributed by atoms with Crippen LogP contribution < -0.4 is 9.47 Å². The number of ether oxygens (including phenoxy) is 2. The Balaban J connectivity index is 2.25. The average Bonchev–Trinajstić information content (AvgIpc) is 2.79. The highest BCUT2D eigenvalue weighted by atomic mass is 32.3. The molecule has 32 heavy (non-hydrogen) atoms. The molecule has 0 bridgehead atoms. The third kappa shape index (κ3) is 5.02. The highest BCUT2D eigenvalue weighted by Crippen LogP contribution is 2.69. The molecule has 0 amide bonds. The summed E-state index contributed by atoms with van der Waals surface area (Å²) in [5.41, 5.74) is 0. The Morgan fingerprint density at radius 2 is 1.12 bits per heavy atom. The second-order valence-electron chi connectivity index (χ2n) is 6.55. The highest BCUT2D eigenvalue weighted by molar-refractivity contribution is 8.30. The number of carbonyl (C=O) groups excluding carboxylic acids is 1. The van der Waals surface area contributed by atoms with Gasteiger partial charge in [0, 0.05) is 14.7 Å². The summed E-state index contributed by atoms with van der Waals surface area (Å²) in [5.74, 6) is -1.13. The number of rotatable bonds is 8. The van der Waals surface area contributed by atoms with Crippen molar-refractivity contribution >= 4 is 16.3 Å². The van der Waals surface area contributed by atoms with Gasteiger partial charge in [0.25, 0.3) is 0 Å². The van der Waals surface area contributed by atoms with E-state index in [2.05, 4.69) is 0 Å². The zero-order valence-corrected chi connectivity index (χ0v) is 18.4. The number of halogens is 3. The van der Waals surface area contributed by atoms with E-state index < -0.39 is 22.5 Å². The van der Waals surface area contributed by atoms with E-state index in [4.69, 9.17) is 13.7 Å². The fourth-order valence-electron chi connectivity index (χ4n) is 3.11. The van der Waals surface area contributed by atoms with Crippen molar-refractivity contribution in [3.05, 3.63) is 78.9 Å². The van der Waals surface area contributed by atoms with Crippen LogP contribution in [0.5, 0.6) is 11.5 Å². The molecule has 4 nitrogen and oxygen atoms in total. The molecule has 0 unspecified atom stereocenters. The van der Waals surface area contributed by atoms with Gasteiger partial charge in [-0.3, -0.25) is 0 Å². The molecule has 0 radical (unpaired) electrons. The lowest BCUT2D eigenvalue weighted by molar-refractivity contribution is -0.188. The first kappa shape index (κ1) is 23.5. The van der Waals surface area contributed by atoms with E-state index in [1.165, 1.54) is 0 Å². The molecule has 3 aromatic rings. The minimum Gasteiger partial charge on any atom is -0.494 e. The Bertz CT molecular complexity index is 970. The van der Waals surface area contributed by atoms with Crippen LogP contribution >= 0.6 is 10.3 Å². The van der Waals surface area contributed by atoms with E-state index in [0.717, 1.165) is 0 Å². The lowest BCUT2D eigenvalue weighted by Crippen LogP contribution is -2.27. The second-order valence-corrected chi connectivity index (χ2v) is 9.24. The molecular formula is C24H23F3O4S. The van der Waals surface area contributed by atoms with Crippen molar-refractivity contribution in [2.24, 2.45) is 0 Å². The molecule has 3 rings (SSSR count). The molecule has 0 aliphatic heterocycles. The van der Waals surface area contributed by atoms with E-state index >= 15 is 0 Å². The van der Waals surface area contributed by atoms with Gasteiger partial charge in [-0.1, -0.05) is 18.2 Å². The first-order chi connectivity index (χ1) is 15.3. The fraction of sp³-hybridized carbons (Fsp3) is 0.208. The van der Waals surface area contributed by atoms with Crippen LogP contribution in [0.25, 0.3) is 0 Å². The highest BCUT2D eigenvalue weighted by Gasteiger charge is 2.47. The number of hydrogen-bond acceptors (Lipinski definition) is 4. The minimum absolute atomic E-state index is 0.425. The molecule has 0 aliphatic rings. The molecule has 0 heterocycles. The third-order valence-corrected chi connectivity index (χ3v) is 7.65. The molecule has 0 aliphatic carbocycles. The van der Waals surface area contributed by atoms with E-state index in [1.54, 1.807) is 78.9 Å². The quantitative estimate of drug-likeness (QED) is 0.368. The van der Waals surface area contributed by atoms with E-state index in [1.807, 2.05) is 13.8 Å². The van der Waals surface area contributed by atoms with Crippen molar-refractivity contribution in [1.82, 2.24) is 0 Å². The predicted octanol–water partition coefficient (Wildman–Crippen LogP) is 6.79. The Labute approximate surface area is 186 Å². The molecule has 0 spiro atoms. The minimum atomic E-state index is -5.15. The standard InChI is InChI=1S/C24H23F3O4S/c1-3-29-18-10-14-21(15-11-18)32(20-8-6-5-7-9-20,31-23(28)24(25,26)27)22-16-12-19(13-17-22)30-4-2/h5-17H,3-4H2,1-2H3. The lowest BCUT2D eigenvalue weighted by atomic mass is 10.3. The van der Waals surface area contributed by atoms with E-state index in [-0.39, 0.29) is 0 Å². The average molecular weight is 465 g/mol. The lowest BCUT2D eigenvalue weighted by Gasteiger charge is -2.39. The van der Waals surface area contributed by atoms with Crippen molar-refractivity contribution in [2.45, 2.75) is 34.7 Å². The van der Waals surface area contributed by atoms with Crippen molar-refractivity contribution in [3.63, 3.8) is 0 Å². The maximum absolute atomic E-state index is 13.4. The summed E-state index contributed by atoms with van der Waals surface area (Å²) in [7, 11) is -3.06. The van der Waals surface area contributed by atoms with Gasteiger partial charge in [0.1, 0.15) is 11.5 Å². The van der Waals surface area contributed by atoms with Crippen LogP contribution in [0.1, 0.15) is 13.8 Å². The van der Waals surface area contributed by atoms with Crippen molar-refractivity contribution < 1.29 is 31.6 Å². The van der Waals surface area contributed by atoms with Crippen LogP contribution in [-0.4, -0.2) is 25.4 Å². The van der Waals surface area contributed by atoms with Gasteiger partial charge >= 0.3 is 12.1 Å². The zero-order chi connectivity index (χ0) is 23.2.